The average molecular weight is 527 g/mol. The van der Waals surface area contributed by atoms with Gasteiger partial charge in [0.05, 0.1) is 24.2 Å². The van der Waals surface area contributed by atoms with E-state index in [9.17, 15) is 22.4 Å². The zero-order chi connectivity index (χ0) is 26.8. The van der Waals surface area contributed by atoms with Crippen LogP contribution in [0, 0.1) is 5.82 Å². The van der Waals surface area contributed by atoms with Crippen molar-refractivity contribution in [2.45, 2.75) is 13.0 Å². The lowest BCUT2D eigenvalue weighted by molar-refractivity contribution is -0.123. The third-order valence-electron chi connectivity index (χ3n) is 5.11. The number of benzene rings is 3. The molecule has 37 heavy (non-hydrogen) atoms. The predicted octanol–water partition coefficient (Wildman–Crippen LogP) is 3.00. The van der Waals surface area contributed by atoms with Crippen molar-refractivity contribution in [1.29, 1.82) is 0 Å². The summed E-state index contributed by atoms with van der Waals surface area (Å²) < 4.78 is 43.9. The second-order valence-electron chi connectivity index (χ2n) is 8.10. The Labute approximate surface area is 215 Å². The molecule has 2 N–H and O–H groups in total. The van der Waals surface area contributed by atoms with Gasteiger partial charge in [0.25, 0.3) is 11.8 Å². The fourth-order valence-corrected chi connectivity index (χ4v) is 4.13. The number of carbonyl (C=O) groups excluding carboxylic acids is 2. The van der Waals surface area contributed by atoms with Crippen molar-refractivity contribution in [2.75, 3.05) is 23.7 Å². The molecule has 194 valence electrons. The van der Waals surface area contributed by atoms with Crippen LogP contribution in [0.15, 0.2) is 84.0 Å². The summed E-state index contributed by atoms with van der Waals surface area (Å²) in [5.74, 6) is -1.12. The molecule has 9 nitrogen and oxygen atoms in total. The van der Waals surface area contributed by atoms with Crippen LogP contribution in [0.2, 0.25) is 0 Å². The van der Waals surface area contributed by atoms with Crippen molar-refractivity contribution in [2.24, 2.45) is 5.10 Å². The molecule has 3 aromatic rings. The van der Waals surface area contributed by atoms with E-state index in [2.05, 4.69) is 15.8 Å². The standard InChI is InChI=1S/C26H27FN4O5S/c1-19(21-7-4-3-5-8-21)29-26(33)18-36-24-13-11-20(12-14-24)16-28-30-25(32)17-31(37(2,34)35)23-10-6-9-22(27)15-23/h3-16,19H,17-18H2,1-2H3,(H,29,33)(H,30,32)/b28-16-/t19-/m0/s1. The molecule has 11 heteroatoms. The molecule has 0 spiro atoms. The largest absolute Gasteiger partial charge is 0.484 e. The van der Waals surface area contributed by atoms with E-state index < -0.39 is 28.3 Å². The summed E-state index contributed by atoms with van der Waals surface area (Å²) >= 11 is 0. The normalized spacial score (nSPS) is 12.1. The second-order valence-corrected chi connectivity index (χ2v) is 10.0. The van der Waals surface area contributed by atoms with Crippen LogP contribution in [-0.4, -0.2) is 45.9 Å². The maximum atomic E-state index is 13.5. The fraction of sp³-hybridized carbons (Fsp3) is 0.192. The summed E-state index contributed by atoms with van der Waals surface area (Å²) in [5.41, 5.74) is 3.89. The van der Waals surface area contributed by atoms with Gasteiger partial charge >= 0.3 is 0 Å². The SMILES string of the molecule is C[C@H](NC(=O)COc1ccc(/C=N\NC(=O)CN(c2cccc(F)c2)S(C)(=O)=O)cc1)c1ccccc1. The Kier molecular flexibility index (Phi) is 9.33. The third-order valence-corrected chi connectivity index (χ3v) is 6.25. The number of carbonyl (C=O) groups is 2. The number of nitrogens with zero attached hydrogens (tertiary/aromatic N) is 2. The Morgan fingerprint density at radius 3 is 2.38 bits per heavy atom. The fourth-order valence-electron chi connectivity index (χ4n) is 3.28. The maximum absolute atomic E-state index is 13.5. The summed E-state index contributed by atoms with van der Waals surface area (Å²) in [5, 5.41) is 6.70. The molecule has 0 saturated heterocycles. The van der Waals surface area contributed by atoms with Crippen LogP contribution in [0.4, 0.5) is 10.1 Å². The molecule has 0 unspecified atom stereocenters. The first-order valence-corrected chi connectivity index (χ1v) is 13.1. The first-order chi connectivity index (χ1) is 17.6. The third kappa shape index (κ3) is 8.73. The molecule has 0 bridgehead atoms. The molecule has 1 atom stereocenters. The van der Waals surface area contributed by atoms with Gasteiger partial charge in [0.15, 0.2) is 6.61 Å². The van der Waals surface area contributed by atoms with Crippen molar-refractivity contribution in [3.63, 3.8) is 0 Å². The summed E-state index contributed by atoms with van der Waals surface area (Å²) in [7, 11) is -3.83. The molecular weight excluding hydrogens is 499 g/mol. The van der Waals surface area contributed by atoms with E-state index in [4.69, 9.17) is 4.74 Å². The zero-order valence-electron chi connectivity index (χ0n) is 20.3. The number of anilines is 1. The molecule has 0 aliphatic rings. The van der Waals surface area contributed by atoms with Gasteiger partial charge in [0.1, 0.15) is 18.1 Å². The van der Waals surface area contributed by atoms with E-state index in [-0.39, 0.29) is 24.2 Å². The van der Waals surface area contributed by atoms with Crippen molar-refractivity contribution < 1.29 is 27.1 Å². The highest BCUT2D eigenvalue weighted by Crippen LogP contribution is 2.18. The van der Waals surface area contributed by atoms with Crippen LogP contribution >= 0.6 is 0 Å². The summed E-state index contributed by atoms with van der Waals surface area (Å²) in [6.07, 6.45) is 2.29. The Morgan fingerprint density at radius 1 is 1.03 bits per heavy atom. The molecule has 0 aliphatic heterocycles. The highest BCUT2D eigenvalue weighted by Gasteiger charge is 2.21. The molecule has 0 heterocycles. The molecule has 0 aliphatic carbocycles. The Hall–Kier alpha value is -4.25. The smallest absolute Gasteiger partial charge is 0.260 e. The first-order valence-electron chi connectivity index (χ1n) is 11.2. The Balaban J connectivity index is 1.48. The lowest BCUT2D eigenvalue weighted by Gasteiger charge is -2.21. The van der Waals surface area contributed by atoms with E-state index in [0.717, 1.165) is 22.2 Å². The summed E-state index contributed by atoms with van der Waals surface area (Å²) in [4.78, 5) is 24.4. The number of hydrazone groups is 1. The molecule has 0 radical (unpaired) electrons. The highest BCUT2D eigenvalue weighted by molar-refractivity contribution is 7.92. The zero-order valence-corrected chi connectivity index (χ0v) is 21.1. The van der Waals surface area contributed by atoms with Crippen LogP contribution in [0.3, 0.4) is 0 Å². The number of hydrogen-bond acceptors (Lipinski definition) is 6. The molecule has 2 amide bonds. The van der Waals surface area contributed by atoms with Crippen molar-refractivity contribution in [3.05, 3.63) is 95.8 Å². The van der Waals surface area contributed by atoms with Gasteiger partial charge in [0.2, 0.25) is 10.0 Å². The molecule has 0 saturated carbocycles. The number of amides is 2. The van der Waals surface area contributed by atoms with Gasteiger partial charge in [-0.1, -0.05) is 36.4 Å². The minimum absolute atomic E-state index is 0.0282. The Bertz CT molecular complexity index is 1350. The topological polar surface area (TPSA) is 117 Å². The first kappa shape index (κ1) is 27.3. The second kappa shape index (κ2) is 12.6. The van der Waals surface area contributed by atoms with Crippen LogP contribution < -0.4 is 19.8 Å². The lowest BCUT2D eigenvalue weighted by atomic mass is 10.1. The quantitative estimate of drug-likeness (QED) is 0.294. The summed E-state index contributed by atoms with van der Waals surface area (Å²) in [6.45, 7) is 1.17. The minimum Gasteiger partial charge on any atom is -0.484 e. The van der Waals surface area contributed by atoms with Gasteiger partial charge in [-0.05, 0) is 60.5 Å². The summed E-state index contributed by atoms with van der Waals surface area (Å²) in [6, 6.07) is 21.0. The van der Waals surface area contributed by atoms with Crippen LogP contribution in [-0.2, 0) is 19.6 Å². The van der Waals surface area contributed by atoms with Gasteiger partial charge in [-0.2, -0.15) is 5.10 Å². The van der Waals surface area contributed by atoms with Gasteiger partial charge in [-0.25, -0.2) is 18.2 Å². The minimum atomic E-state index is -3.83. The lowest BCUT2D eigenvalue weighted by Crippen LogP contribution is -2.39. The number of nitrogens with one attached hydrogen (secondary N) is 2. The van der Waals surface area contributed by atoms with Crippen LogP contribution in [0.1, 0.15) is 24.1 Å². The monoisotopic (exact) mass is 526 g/mol. The number of rotatable bonds is 11. The molecule has 3 rings (SSSR count). The average Bonchev–Trinajstić information content (AvgIpc) is 2.86. The number of halogens is 1. The van der Waals surface area contributed by atoms with E-state index in [0.29, 0.717) is 11.3 Å². The molecule has 3 aromatic carbocycles. The van der Waals surface area contributed by atoms with Gasteiger partial charge in [-0.3, -0.25) is 13.9 Å². The molecule has 0 fully saturated rings. The van der Waals surface area contributed by atoms with Crippen molar-refractivity contribution in [1.82, 2.24) is 10.7 Å². The van der Waals surface area contributed by atoms with E-state index in [1.165, 1.54) is 24.4 Å². The van der Waals surface area contributed by atoms with Crippen molar-refractivity contribution >= 4 is 33.7 Å². The van der Waals surface area contributed by atoms with Gasteiger partial charge in [-0.15, -0.1) is 0 Å². The Morgan fingerprint density at radius 2 is 1.73 bits per heavy atom. The number of hydrogen-bond donors (Lipinski definition) is 2. The van der Waals surface area contributed by atoms with E-state index in [1.54, 1.807) is 24.3 Å². The van der Waals surface area contributed by atoms with Gasteiger partial charge in [0, 0.05) is 0 Å². The molecular formula is C26H27FN4O5S. The van der Waals surface area contributed by atoms with E-state index >= 15 is 0 Å². The maximum Gasteiger partial charge on any atom is 0.260 e. The van der Waals surface area contributed by atoms with Crippen LogP contribution in [0.5, 0.6) is 5.75 Å². The highest BCUT2D eigenvalue weighted by atomic mass is 32.2. The van der Waals surface area contributed by atoms with Gasteiger partial charge < -0.3 is 10.1 Å². The predicted molar refractivity (Wildman–Crippen MR) is 139 cm³/mol. The van der Waals surface area contributed by atoms with Crippen molar-refractivity contribution in [3.8, 4) is 5.75 Å². The number of ether oxygens (including phenoxy) is 1. The number of sulfonamides is 1. The van der Waals surface area contributed by atoms with E-state index in [1.807, 2.05) is 37.3 Å². The van der Waals surface area contributed by atoms with Crippen LogP contribution in [0.25, 0.3) is 0 Å². The molecule has 0 aromatic heterocycles.